The highest BCUT2D eigenvalue weighted by Crippen LogP contribution is 2.37. The van der Waals surface area contributed by atoms with E-state index in [-0.39, 0.29) is 36.1 Å². The van der Waals surface area contributed by atoms with E-state index in [1.165, 1.54) is 11.3 Å². The van der Waals surface area contributed by atoms with Crippen LogP contribution in [0.2, 0.25) is 0 Å². The molecule has 0 spiro atoms. The van der Waals surface area contributed by atoms with Crippen molar-refractivity contribution in [1.29, 1.82) is 0 Å². The summed E-state index contributed by atoms with van der Waals surface area (Å²) in [7, 11) is 0. The van der Waals surface area contributed by atoms with Gasteiger partial charge in [0.25, 0.3) is 0 Å². The van der Waals surface area contributed by atoms with Gasteiger partial charge < -0.3 is 5.32 Å². The van der Waals surface area contributed by atoms with Crippen molar-refractivity contribution in [3.63, 3.8) is 0 Å². The molecule has 2 fully saturated rings. The molecule has 6 nitrogen and oxygen atoms in total. The molecule has 0 unspecified atom stereocenters. The summed E-state index contributed by atoms with van der Waals surface area (Å²) in [5.74, 6) is -1.16. The Morgan fingerprint density at radius 2 is 1.95 bits per heavy atom. The molecular weight excluding hydrogens is 290 g/mol. The lowest BCUT2D eigenvalue weighted by Gasteiger charge is -2.19. The van der Waals surface area contributed by atoms with Crippen molar-refractivity contribution in [3.8, 4) is 0 Å². The second-order valence-corrected chi connectivity index (χ2v) is 6.82. The molecule has 7 heteroatoms. The average molecular weight is 307 g/mol. The fourth-order valence-corrected chi connectivity index (χ4v) is 3.78. The fraction of sp³-hybridized carbons (Fsp3) is 0.571. The molecule has 1 saturated carbocycles. The lowest BCUT2D eigenvalue weighted by atomic mass is 9.81. The Kier molecular flexibility index (Phi) is 3.75. The molecule has 1 aromatic heterocycles. The number of rotatable bonds is 3. The minimum Gasteiger partial charge on any atom is -0.300 e. The van der Waals surface area contributed by atoms with Crippen LogP contribution in [0.1, 0.15) is 30.6 Å². The Morgan fingerprint density at radius 3 is 2.48 bits per heavy atom. The van der Waals surface area contributed by atoms with Gasteiger partial charge in [0, 0.05) is 11.1 Å². The van der Waals surface area contributed by atoms with Gasteiger partial charge in [-0.25, -0.2) is 4.98 Å². The molecule has 0 aromatic carbocycles. The van der Waals surface area contributed by atoms with Crippen molar-refractivity contribution >= 4 is 34.2 Å². The minimum atomic E-state index is -0.371. The molecule has 3 rings (SSSR count). The highest BCUT2D eigenvalue weighted by atomic mass is 32.1. The van der Waals surface area contributed by atoms with E-state index in [0.29, 0.717) is 5.13 Å². The molecule has 2 heterocycles. The van der Waals surface area contributed by atoms with Crippen molar-refractivity contribution in [2.24, 2.45) is 11.8 Å². The number of likely N-dealkylation sites (tertiary alicyclic amines) is 1. The largest absolute Gasteiger partial charge is 0.300 e. The number of aromatic nitrogens is 1. The molecular formula is C14H17N3O3S. The van der Waals surface area contributed by atoms with E-state index < -0.39 is 0 Å². The van der Waals surface area contributed by atoms with Crippen molar-refractivity contribution < 1.29 is 14.4 Å². The highest BCUT2D eigenvalue weighted by Gasteiger charge is 2.48. The number of anilines is 1. The second kappa shape index (κ2) is 5.55. The van der Waals surface area contributed by atoms with Crippen molar-refractivity contribution in [1.82, 2.24) is 9.88 Å². The topological polar surface area (TPSA) is 79.4 Å². The molecule has 0 radical (unpaired) electrons. The highest BCUT2D eigenvalue weighted by molar-refractivity contribution is 7.15. The quantitative estimate of drug-likeness (QED) is 0.860. The standard InChI is InChI=1S/C14H17N3O3S/c1-8-6-15-14(21-8)16-11(18)7-17-12(19)9-4-2-3-5-10(9)13(17)20/h6,9-10H,2-5,7H2,1H3,(H,15,16,18)/t9-,10+. The number of hydrogen-bond donors (Lipinski definition) is 1. The number of fused-ring (bicyclic) bond motifs is 1. The smallest absolute Gasteiger partial charge is 0.246 e. The Morgan fingerprint density at radius 1 is 1.33 bits per heavy atom. The molecule has 1 N–H and O–H groups in total. The molecule has 1 saturated heterocycles. The van der Waals surface area contributed by atoms with Crippen molar-refractivity contribution in [3.05, 3.63) is 11.1 Å². The summed E-state index contributed by atoms with van der Waals surface area (Å²) in [4.78, 5) is 42.6. The Hall–Kier alpha value is -1.76. The van der Waals surface area contributed by atoms with Crippen LogP contribution in [0.3, 0.4) is 0 Å². The summed E-state index contributed by atoms with van der Waals surface area (Å²) in [6, 6.07) is 0. The van der Waals surface area contributed by atoms with E-state index in [1.807, 2.05) is 6.92 Å². The molecule has 2 aliphatic rings. The maximum absolute atomic E-state index is 12.3. The third kappa shape index (κ3) is 2.70. The molecule has 2 atom stereocenters. The van der Waals surface area contributed by atoms with Gasteiger partial charge in [-0.2, -0.15) is 0 Å². The number of amides is 3. The van der Waals surface area contributed by atoms with E-state index in [4.69, 9.17) is 0 Å². The van der Waals surface area contributed by atoms with Gasteiger partial charge in [0.05, 0.1) is 11.8 Å². The zero-order valence-electron chi connectivity index (χ0n) is 11.8. The zero-order chi connectivity index (χ0) is 15.0. The van der Waals surface area contributed by atoms with Gasteiger partial charge in [0.2, 0.25) is 17.7 Å². The average Bonchev–Trinajstić information content (AvgIpc) is 2.97. The Bertz CT molecular complexity index is 574. The first-order valence-electron chi connectivity index (χ1n) is 7.14. The molecule has 3 amide bonds. The van der Waals surface area contributed by atoms with E-state index >= 15 is 0 Å². The number of nitrogens with one attached hydrogen (secondary N) is 1. The first-order valence-corrected chi connectivity index (χ1v) is 7.95. The number of carbonyl (C=O) groups excluding carboxylic acids is 3. The molecule has 21 heavy (non-hydrogen) atoms. The van der Waals surface area contributed by atoms with Gasteiger partial charge >= 0.3 is 0 Å². The summed E-state index contributed by atoms with van der Waals surface area (Å²) in [6.07, 6.45) is 5.16. The van der Waals surface area contributed by atoms with Crippen LogP contribution in [0, 0.1) is 18.8 Å². The molecule has 0 bridgehead atoms. The lowest BCUT2D eigenvalue weighted by Crippen LogP contribution is -2.38. The van der Waals surface area contributed by atoms with Crippen LogP contribution in [0.15, 0.2) is 6.20 Å². The first kappa shape index (κ1) is 14.2. The van der Waals surface area contributed by atoms with Crippen LogP contribution >= 0.6 is 11.3 Å². The second-order valence-electron chi connectivity index (χ2n) is 5.58. The molecule has 1 aliphatic carbocycles. The van der Waals surface area contributed by atoms with Gasteiger partial charge in [-0.15, -0.1) is 11.3 Å². The summed E-state index contributed by atoms with van der Waals surface area (Å²) >= 11 is 1.36. The number of nitrogens with zero attached hydrogens (tertiary/aromatic N) is 2. The summed E-state index contributed by atoms with van der Waals surface area (Å²) in [6.45, 7) is 1.69. The number of aryl methyl sites for hydroxylation is 1. The maximum atomic E-state index is 12.3. The number of hydrogen-bond acceptors (Lipinski definition) is 5. The van der Waals surface area contributed by atoms with Gasteiger partial charge in [-0.05, 0) is 19.8 Å². The van der Waals surface area contributed by atoms with Crippen LogP contribution < -0.4 is 5.32 Å². The fourth-order valence-electron chi connectivity index (χ4n) is 3.10. The van der Waals surface area contributed by atoms with E-state index in [0.717, 1.165) is 35.5 Å². The number of carbonyl (C=O) groups is 3. The summed E-state index contributed by atoms with van der Waals surface area (Å²) in [5, 5.41) is 3.13. The predicted molar refractivity (Wildman–Crippen MR) is 77.6 cm³/mol. The summed E-state index contributed by atoms with van der Waals surface area (Å²) < 4.78 is 0. The van der Waals surface area contributed by atoms with Crippen LogP contribution in [-0.4, -0.2) is 34.2 Å². The van der Waals surface area contributed by atoms with Crippen molar-refractivity contribution in [2.45, 2.75) is 32.6 Å². The van der Waals surface area contributed by atoms with Crippen LogP contribution in [0.5, 0.6) is 0 Å². The van der Waals surface area contributed by atoms with Gasteiger partial charge in [0.1, 0.15) is 6.54 Å². The first-order chi connectivity index (χ1) is 10.1. The van der Waals surface area contributed by atoms with Gasteiger partial charge in [-0.1, -0.05) is 12.8 Å². The maximum Gasteiger partial charge on any atom is 0.246 e. The Labute approximate surface area is 126 Å². The van der Waals surface area contributed by atoms with Crippen LogP contribution in [0.4, 0.5) is 5.13 Å². The molecule has 112 valence electrons. The van der Waals surface area contributed by atoms with Crippen LogP contribution in [0.25, 0.3) is 0 Å². The van der Waals surface area contributed by atoms with Crippen molar-refractivity contribution in [2.75, 3.05) is 11.9 Å². The molecule has 1 aromatic rings. The van der Waals surface area contributed by atoms with E-state index in [9.17, 15) is 14.4 Å². The minimum absolute atomic E-state index is 0.185. The van der Waals surface area contributed by atoms with Gasteiger partial charge in [0.15, 0.2) is 5.13 Å². The van der Waals surface area contributed by atoms with E-state index in [2.05, 4.69) is 10.3 Å². The van der Waals surface area contributed by atoms with E-state index in [1.54, 1.807) is 6.20 Å². The van der Waals surface area contributed by atoms with Gasteiger partial charge in [-0.3, -0.25) is 19.3 Å². The number of imide groups is 1. The monoisotopic (exact) mass is 307 g/mol. The number of thiazole rings is 1. The zero-order valence-corrected chi connectivity index (χ0v) is 12.6. The normalized spacial score (nSPS) is 25.1. The SMILES string of the molecule is Cc1cnc(NC(=O)CN2C(=O)[C@H]3CCCC[C@H]3C2=O)s1. The lowest BCUT2D eigenvalue weighted by molar-refractivity contribution is -0.142. The third-order valence-electron chi connectivity index (χ3n) is 4.10. The molecule has 1 aliphatic heterocycles. The predicted octanol–water partition coefficient (Wildman–Crippen LogP) is 1.57. The third-order valence-corrected chi connectivity index (χ3v) is 4.93. The Balaban J connectivity index is 1.65. The van der Waals surface area contributed by atoms with Crippen LogP contribution in [-0.2, 0) is 14.4 Å². The summed E-state index contributed by atoms with van der Waals surface area (Å²) in [5.41, 5.74) is 0.